The number of carbonyl (C=O) groups is 2. The van der Waals surface area contributed by atoms with E-state index in [1.165, 1.54) is 6.92 Å². The number of hydrogen-bond acceptors (Lipinski definition) is 3. The topological polar surface area (TPSA) is 74.8 Å². The summed E-state index contributed by atoms with van der Waals surface area (Å²) >= 11 is 0. The second kappa shape index (κ2) is 5.52. The second-order valence-corrected chi connectivity index (χ2v) is 5.32. The molecule has 5 nitrogen and oxygen atoms in total. The van der Waals surface area contributed by atoms with Crippen LogP contribution in [0, 0.1) is 0 Å². The number of Topliss-reactive ketones (excluding diaryl/α,β-unsaturated/α-hetero) is 1. The molecular weight excluding hydrogens is 266 g/mol. The van der Waals surface area contributed by atoms with Gasteiger partial charge in [0.25, 0.3) is 5.91 Å². The van der Waals surface area contributed by atoms with Gasteiger partial charge in [-0.1, -0.05) is 0 Å². The molecule has 0 atom stereocenters. The molecular formula is C16H17N3O2. The van der Waals surface area contributed by atoms with Gasteiger partial charge in [0.15, 0.2) is 11.5 Å². The zero-order valence-corrected chi connectivity index (χ0v) is 11.9. The van der Waals surface area contributed by atoms with Crippen molar-refractivity contribution in [3.8, 4) is 0 Å². The van der Waals surface area contributed by atoms with E-state index in [4.69, 9.17) is 0 Å². The van der Waals surface area contributed by atoms with Crippen molar-refractivity contribution >= 4 is 17.4 Å². The van der Waals surface area contributed by atoms with Crippen LogP contribution in [0.15, 0.2) is 24.3 Å². The Kier molecular flexibility index (Phi) is 3.56. The summed E-state index contributed by atoms with van der Waals surface area (Å²) in [6.45, 7) is 1.52. The molecule has 1 aliphatic carbocycles. The van der Waals surface area contributed by atoms with Crippen molar-refractivity contribution in [3.05, 3.63) is 46.8 Å². The molecule has 1 amide bonds. The van der Waals surface area contributed by atoms with E-state index in [1.807, 2.05) is 0 Å². The Morgan fingerprint density at radius 2 is 1.86 bits per heavy atom. The minimum absolute atomic E-state index is 0.00856. The van der Waals surface area contributed by atoms with Crippen LogP contribution in [0.3, 0.4) is 0 Å². The van der Waals surface area contributed by atoms with Crippen LogP contribution in [0.1, 0.15) is 51.9 Å². The molecule has 0 saturated carbocycles. The van der Waals surface area contributed by atoms with E-state index in [2.05, 4.69) is 15.5 Å². The van der Waals surface area contributed by atoms with E-state index in [-0.39, 0.29) is 11.7 Å². The molecule has 5 heteroatoms. The van der Waals surface area contributed by atoms with E-state index in [0.29, 0.717) is 16.9 Å². The summed E-state index contributed by atoms with van der Waals surface area (Å²) in [4.78, 5) is 23.5. The lowest BCUT2D eigenvalue weighted by Crippen LogP contribution is -2.15. The van der Waals surface area contributed by atoms with Crippen molar-refractivity contribution in [2.75, 3.05) is 5.32 Å². The van der Waals surface area contributed by atoms with Gasteiger partial charge < -0.3 is 5.32 Å². The number of amides is 1. The number of aromatic amines is 1. The van der Waals surface area contributed by atoms with Crippen LogP contribution in [0.2, 0.25) is 0 Å². The molecule has 1 aliphatic rings. The number of carbonyl (C=O) groups excluding carboxylic acids is 2. The predicted molar refractivity (Wildman–Crippen MR) is 79.6 cm³/mol. The molecule has 21 heavy (non-hydrogen) atoms. The molecule has 0 aliphatic heterocycles. The lowest BCUT2D eigenvalue weighted by Gasteiger charge is -2.11. The Balaban J connectivity index is 1.77. The normalized spacial score (nSPS) is 13.6. The molecule has 0 bridgehead atoms. The molecule has 0 radical (unpaired) electrons. The molecule has 0 unspecified atom stereocenters. The van der Waals surface area contributed by atoms with Crippen molar-refractivity contribution in [1.82, 2.24) is 10.2 Å². The van der Waals surface area contributed by atoms with Gasteiger partial charge in [0.2, 0.25) is 0 Å². The third-order valence-electron chi connectivity index (χ3n) is 3.82. The molecule has 2 N–H and O–H groups in total. The standard InChI is InChI=1S/C16H17N3O2/c1-10(20)11-6-8-12(9-7-11)17-16(21)15-13-4-2-3-5-14(13)18-19-15/h6-9H,2-5H2,1H3,(H,17,21)(H,18,19). The zero-order chi connectivity index (χ0) is 14.8. The smallest absolute Gasteiger partial charge is 0.276 e. The minimum atomic E-state index is -0.204. The number of rotatable bonds is 3. The molecule has 0 saturated heterocycles. The van der Waals surface area contributed by atoms with Gasteiger partial charge in [0, 0.05) is 22.5 Å². The lowest BCUT2D eigenvalue weighted by molar-refractivity contribution is 0.101. The number of nitrogens with zero attached hydrogens (tertiary/aromatic N) is 1. The van der Waals surface area contributed by atoms with Crippen LogP contribution < -0.4 is 5.32 Å². The molecule has 1 heterocycles. The van der Waals surface area contributed by atoms with Gasteiger partial charge in [-0.3, -0.25) is 14.7 Å². The monoisotopic (exact) mass is 283 g/mol. The van der Waals surface area contributed by atoms with E-state index in [0.717, 1.165) is 36.9 Å². The predicted octanol–water partition coefficient (Wildman–Crippen LogP) is 2.74. The SMILES string of the molecule is CC(=O)c1ccc(NC(=O)c2n[nH]c3c2CCCC3)cc1. The molecule has 108 valence electrons. The largest absolute Gasteiger partial charge is 0.321 e. The first-order valence-electron chi connectivity index (χ1n) is 7.13. The van der Waals surface area contributed by atoms with Crippen LogP contribution in [0.4, 0.5) is 5.69 Å². The number of fused-ring (bicyclic) bond motifs is 1. The third kappa shape index (κ3) is 2.72. The summed E-state index contributed by atoms with van der Waals surface area (Å²) in [7, 11) is 0. The van der Waals surface area contributed by atoms with E-state index >= 15 is 0 Å². The van der Waals surface area contributed by atoms with Crippen molar-refractivity contribution < 1.29 is 9.59 Å². The minimum Gasteiger partial charge on any atom is -0.321 e. The summed E-state index contributed by atoms with van der Waals surface area (Å²) < 4.78 is 0. The quantitative estimate of drug-likeness (QED) is 0.850. The lowest BCUT2D eigenvalue weighted by atomic mass is 9.96. The third-order valence-corrected chi connectivity index (χ3v) is 3.82. The maximum Gasteiger partial charge on any atom is 0.276 e. The van der Waals surface area contributed by atoms with Crippen molar-refractivity contribution in [3.63, 3.8) is 0 Å². The number of nitrogens with one attached hydrogen (secondary N) is 2. The summed E-state index contributed by atoms with van der Waals surface area (Å²) in [5.41, 5.74) is 3.90. The first-order valence-corrected chi connectivity index (χ1v) is 7.13. The number of anilines is 1. The Labute approximate surface area is 122 Å². The van der Waals surface area contributed by atoms with E-state index < -0.39 is 0 Å². The summed E-state index contributed by atoms with van der Waals surface area (Å²) in [5.74, 6) is -0.195. The Morgan fingerprint density at radius 1 is 1.14 bits per heavy atom. The zero-order valence-electron chi connectivity index (χ0n) is 11.9. The van der Waals surface area contributed by atoms with Crippen LogP contribution in [0.25, 0.3) is 0 Å². The highest BCUT2D eigenvalue weighted by Crippen LogP contribution is 2.23. The molecule has 1 aromatic carbocycles. The van der Waals surface area contributed by atoms with Crippen molar-refractivity contribution in [2.24, 2.45) is 0 Å². The van der Waals surface area contributed by atoms with Gasteiger partial charge in [-0.25, -0.2) is 0 Å². The highest BCUT2D eigenvalue weighted by atomic mass is 16.2. The summed E-state index contributed by atoms with van der Waals surface area (Å²) in [6.07, 6.45) is 4.10. The fourth-order valence-corrected chi connectivity index (χ4v) is 2.65. The average molecular weight is 283 g/mol. The first-order chi connectivity index (χ1) is 10.1. The van der Waals surface area contributed by atoms with Gasteiger partial charge in [-0.2, -0.15) is 5.10 Å². The summed E-state index contributed by atoms with van der Waals surface area (Å²) in [6, 6.07) is 6.87. The van der Waals surface area contributed by atoms with Crippen LogP contribution in [0.5, 0.6) is 0 Å². The molecule has 0 spiro atoms. The van der Waals surface area contributed by atoms with E-state index in [9.17, 15) is 9.59 Å². The van der Waals surface area contributed by atoms with E-state index in [1.54, 1.807) is 24.3 Å². The van der Waals surface area contributed by atoms with Crippen molar-refractivity contribution in [2.45, 2.75) is 32.6 Å². The number of hydrogen-bond donors (Lipinski definition) is 2. The average Bonchev–Trinajstić information content (AvgIpc) is 2.92. The highest BCUT2D eigenvalue weighted by Gasteiger charge is 2.21. The second-order valence-electron chi connectivity index (χ2n) is 5.32. The number of H-pyrrole nitrogens is 1. The number of aryl methyl sites for hydroxylation is 1. The molecule has 3 rings (SSSR count). The maximum absolute atomic E-state index is 12.3. The van der Waals surface area contributed by atoms with Crippen LogP contribution in [-0.2, 0) is 12.8 Å². The summed E-state index contributed by atoms with van der Waals surface area (Å²) in [5, 5.41) is 9.94. The first kappa shape index (κ1) is 13.5. The number of aromatic nitrogens is 2. The molecule has 0 fully saturated rings. The Morgan fingerprint density at radius 3 is 2.57 bits per heavy atom. The van der Waals surface area contributed by atoms with Gasteiger partial charge in [0.1, 0.15) is 0 Å². The van der Waals surface area contributed by atoms with Gasteiger partial charge in [-0.15, -0.1) is 0 Å². The Bertz CT molecular complexity index is 686. The highest BCUT2D eigenvalue weighted by molar-refractivity contribution is 6.04. The fraction of sp³-hybridized carbons (Fsp3) is 0.312. The van der Waals surface area contributed by atoms with Gasteiger partial charge in [-0.05, 0) is 56.9 Å². The van der Waals surface area contributed by atoms with Crippen LogP contribution >= 0.6 is 0 Å². The fourth-order valence-electron chi connectivity index (χ4n) is 2.65. The number of benzene rings is 1. The molecule has 2 aromatic rings. The van der Waals surface area contributed by atoms with Crippen molar-refractivity contribution in [1.29, 1.82) is 0 Å². The van der Waals surface area contributed by atoms with Gasteiger partial charge in [0.05, 0.1) is 0 Å². The maximum atomic E-state index is 12.3. The Hall–Kier alpha value is -2.43. The number of ketones is 1. The van der Waals surface area contributed by atoms with Gasteiger partial charge >= 0.3 is 0 Å². The molecule has 1 aromatic heterocycles. The van der Waals surface area contributed by atoms with Crippen LogP contribution in [-0.4, -0.2) is 21.9 Å².